The highest BCUT2D eigenvalue weighted by molar-refractivity contribution is 7.89. The molecule has 0 aliphatic heterocycles. The summed E-state index contributed by atoms with van der Waals surface area (Å²) in [6.45, 7) is 0. The summed E-state index contributed by atoms with van der Waals surface area (Å²) in [5, 5.41) is 0. The molecule has 126 valence electrons. The van der Waals surface area contributed by atoms with Gasteiger partial charge in [0.15, 0.2) is 0 Å². The van der Waals surface area contributed by atoms with E-state index in [4.69, 9.17) is 0 Å². The Bertz CT molecular complexity index is 679. The van der Waals surface area contributed by atoms with Crippen LogP contribution in [-0.2, 0) is 27.7 Å². The topological polar surface area (TPSA) is 75.3 Å². The van der Waals surface area contributed by atoms with Gasteiger partial charge >= 0.3 is 0 Å². The molecule has 0 saturated heterocycles. The minimum absolute atomic E-state index is 0.0741. The van der Waals surface area contributed by atoms with Crippen molar-refractivity contribution >= 4 is 15.9 Å². The number of aryl methyl sites for hydroxylation is 2. The van der Waals surface area contributed by atoms with E-state index in [1.807, 2.05) is 6.07 Å². The van der Waals surface area contributed by atoms with Gasteiger partial charge in [-0.3, -0.25) is 10.2 Å². The molecule has 2 aliphatic rings. The van der Waals surface area contributed by atoms with E-state index in [1.54, 1.807) is 12.1 Å². The largest absolute Gasteiger partial charge is 0.277 e. The van der Waals surface area contributed by atoms with E-state index in [-0.39, 0.29) is 16.7 Å². The molecule has 6 heteroatoms. The van der Waals surface area contributed by atoms with Gasteiger partial charge in [-0.15, -0.1) is 4.83 Å². The van der Waals surface area contributed by atoms with E-state index in [2.05, 4.69) is 10.3 Å². The number of hydrogen-bond donors (Lipinski definition) is 2. The number of hydrogen-bond acceptors (Lipinski definition) is 3. The van der Waals surface area contributed by atoms with Crippen LogP contribution in [0.2, 0.25) is 0 Å². The van der Waals surface area contributed by atoms with Gasteiger partial charge in [0.05, 0.1) is 4.90 Å². The second-order valence-electron chi connectivity index (χ2n) is 6.57. The fraction of sp³-hybridized carbons (Fsp3) is 0.588. The highest BCUT2D eigenvalue weighted by Crippen LogP contribution is 2.25. The van der Waals surface area contributed by atoms with Crippen molar-refractivity contribution in [1.82, 2.24) is 10.3 Å². The van der Waals surface area contributed by atoms with E-state index in [1.165, 1.54) is 5.56 Å². The third kappa shape index (κ3) is 3.93. The molecule has 3 rings (SSSR count). The summed E-state index contributed by atoms with van der Waals surface area (Å²) in [6.07, 6.45) is 9.11. The number of benzene rings is 1. The minimum atomic E-state index is -3.71. The molecule has 0 atom stereocenters. The van der Waals surface area contributed by atoms with E-state index >= 15 is 0 Å². The van der Waals surface area contributed by atoms with Crippen molar-refractivity contribution in [3.05, 3.63) is 29.3 Å². The van der Waals surface area contributed by atoms with Gasteiger partial charge < -0.3 is 0 Å². The van der Waals surface area contributed by atoms with Crippen molar-refractivity contribution in [3.63, 3.8) is 0 Å². The van der Waals surface area contributed by atoms with Crippen LogP contribution in [0.3, 0.4) is 0 Å². The number of nitrogens with one attached hydrogen (secondary N) is 2. The lowest BCUT2D eigenvalue weighted by molar-refractivity contribution is -0.126. The monoisotopic (exact) mass is 336 g/mol. The maximum atomic E-state index is 12.4. The lowest BCUT2D eigenvalue weighted by Crippen LogP contribution is -2.44. The number of fused-ring (bicyclic) bond motifs is 1. The molecule has 0 unspecified atom stereocenters. The molecule has 0 bridgehead atoms. The van der Waals surface area contributed by atoms with Crippen molar-refractivity contribution in [2.45, 2.75) is 62.7 Å². The molecule has 23 heavy (non-hydrogen) atoms. The van der Waals surface area contributed by atoms with Crippen LogP contribution in [0.4, 0.5) is 0 Å². The third-order valence-corrected chi connectivity index (χ3v) is 6.16. The molecule has 5 nitrogen and oxygen atoms in total. The average Bonchev–Trinajstić information content (AvgIpc) is 2.60. The Morgan fingerprint density at radius 2 is 1.65 bits per heavy atom. The van der Waals surface area contributed by atoms with Gasteiger partial charge in [-0.05, 0) is 61.8 Å². The standard InChI is InChI=1S/C17H24N2O3S/c20-17(14-7-2-1-3-8-14)18-19-23(21,22)16-11-10-13-6-4-5-9-15(13)12-16/h10-12,14,19H,1-9H2,(H,18,20). The summed E-state index contributed by atoms with van der Waals surface area (Å²) in [5.74, 6) is -0.291. The van der Waals surface area contributed by atoms with E-state index in [0.717, 1.165) is 63.4 Å². The number of carbonyl (C=O) groups is 1. The zero-order valence-corrected chi connectivity index (χ0v) is 14.1. The quantitative estimate of drug-likeness (QED) is 0.829. The number of carbonyl (C=O) groups excluding carboxylic acids is 1. The minimum Gasteiger partial charge on any atom is -0.277 e. The van der Waals surface area contributed by atoms with Gasteiger partial charge in [0.2, 0.25) is 5.91 Å². The fourth-order valence-corrected chi connectivity index (χ4v) is 4.42. The molecule has 1 fully saturated rings. The van der Waals surface area contributed by atoms with Gasteiger partial charge in [0, 0.05) is 5.92 Å². The first-order chi connectivity index (χ1) is 11.1. The Hall–Kier alpha value is -1.40. The number of sulfonamides is 1. The van der Waals surface area contributed by atoms with Gasteiger partial charge in [-0.25, -0.2) is 8.42 Å². The van der Waals surface area contributed by atoms with Crippen molar-refractivity contribution in [2.24, 2.45) is 5.92 Å². The predicted octanol–water partition coefficient (Wildman–Crippen LogP) is 2.46. The molecular formula is C17H24N2O3S. The lowest BCUT2D eigenvalue weighted by atomic mass is 9.89. The first kappa shape index (κ1) is 16.5. The summed E-state index contributed by atoms with van der Waals surface area (Å²) in [6, 6.07) is 5.26. The lowest BCUT2D eigenvalue weighted by Gasteiger charge is -2.21. The molecule has 1 amide bonds. The van der Waals surface area contributed by atoms with Gasteiger partial charge in [-0.2, -0.15) is 0 Å². The SMILES string of the molecule is O=C(NNS(=O)(=O)c1ccc2c(c1)CCCC2)C1CCCCC1. The predicted molar refractivity (Wildman–Crippen MR) is 88.1 cm³/mol. The Morgan fingerprint density at radius 1 is 0.957 bits per heavy atom. The third-order valence-electron chi connectivity index (χ3n) is 4.91. The maximum Gasteiger partial charge on any atom is 0.257 e. The first-order valence-corrected chi connectivity index (χ1v) is 9.98. The molecule has 0 aromatic heterocycles. The van der Waals surface area contributed by atoms with Gasteiger partial charge in [0.25, 0.3) is 10.0 Å². The van der Waals surface area contributed by atoms with Crippen molar-refractivity contribution < 1.29 is 13.2 Å². The van der Waals surface area contributed by atoms with E-state index < -0.39 is 10.0 Å². The normalized spacial score (nSPS) is 19.1. The Morgan fingerprint density at radius 3 is 2.39 bits per heavy atom. The summed E-state index contributed by atoms with van der Waals surface area (Å²) >= 11 is 0. The molecular weight excluding hydrogens is 312 g/mol. The van der Waals surface area contributed by atoms with Gasteiger partial charge in [-0.1, -0.05) is 25.3 Å². The van der Waals surface area contributed by atoms with E-state index in [9.17, 15) is 13.2 Å². The van der Waals surface area contributed by atoms with Crippen LogP contribution in [0.15, 0.2) is 23.1 Å². The second kappa shape index (κ2) is 7.01. The van der Waals surface area contributed by atoms with Crippen LogP contribution in [0.5, 0.6) is 0 Å². The number of amides is 1. The molecule has 0 radical (unpaired) electrons. The summed E-state index contributed by atoms with van der Waals surface area (Å²) < 4.78 is 24.8. The van der Waals surface area contributed by atoms with Gasteiger partial charge in [0.1, 0.15) is 0 Å². The Balaban J connectivity index is 1.65. The molecule has 2 aliphatic carbocycles. The molecule has 2 N–H and O–H groups in total. The average molecular weight is 336 g/mol. The molecule has 1 aromatic rings. The number of hydrazine groups is 1. The highest BCUT2D eigenvalue weighted by atomic mass is 32.2. The van der Waals surface area contributed by atoms with E-state index in [0.29, 0.717) is 0 Å². The van der Waals surface area contributed by atoms with Crippen LogP contribution in [0.1, 0.15) is 56.1 Å². The van der Waals surface area contributed by atoms with Crippen LogP contribution in [-0.4, -0.2) is 14.3 Å². The van der Waals surface area contributed by atoms with Crippen LogP contribution in [0.25, 0.3) is 0 Å². The van der Waals surface area contributed by atoms with Crippen LogP contribution in [0, 0.1) is 5.92 Å². The fourth-order valence-electron chi connectivity index (χ4n) is 3.52. The molecule has 0 heterocycles. The Labute approximate surface area is 137 Å². The summed E-state index contributed by atoms with van der Waals surface area (Å²) in [4.78, 5) is 14.5. The zero-order valence-electron chi connectivity index (χ0n) is 13.3. The molecule has 1 saturated carbocycles. The second-order valence-corrected chi connectivity index (χ2v) is 8.25. The van der Waals surface area contributed by atoms with Crippen molar-refractivity contribution in [1.29, 1.82) is 0 Å². The molecule has 0 spiro atoms. The summed E-state index contributed by atoms with van der Waals surface area (Å²) in [5.41, 5.74) is 4.74. The first-order valence-electron chi connectivity index (χ1n) is 8.50. The van der Waals surface area contributed by atoms with Crippen LogP contribution < -0.4 is 10.3 Å². The zero-order chi connectivity index (χ0) is 16.3. The van der Waals surface area contributed by atoms with Crippen LogP contribution >= 0.6 is 0 Å². The van der Waals surface area contributed by atoms with Crippen molar-refractivity contribution in [2.75, 3.05) is 0 Å². The highest BCUT2D eigenvalue weighted by Gasteiger charge is 2.23. The Kier molecular flexibility index (Phi) is 5.02. The summed E-state index contributed by atoms with van der Waals surface area (Å²) in [7, 11) is -3.71. The number of rotatable bonds is 4. The molecule has 1 aromatic carbocycles. The van der Waals surface area contributed by atoms with Crippen molar-refractivity contribution in [3.8, 4) is 0 Å². The smallest absolute Gasteiger partial charge is 0.257 e. The maximum absolute atomic E-state index is 12.4.